The second-order valence-electron chi connectivity index (χ2n) is 5.65. The van der Waals surface area contributed by atoms with Gasteiger partial charge in [-0.1, -0.05) is 60.7 Å². The molecule has 1 fully saturated rings. The van der Waals surface area contributed by atoms with Gasteiger partial charge in [0, 0.05) is 13.1 Å². The first-order valence-electron chi connectivity index (χ1n) is 7.42. The number of rotatable bonds is 3. The van der Waals surface area contributed by atoms with E-state index in [9.17, 15) is 0 Å². The van der Waals surface area contributed by atoms with Crippen LogP contribution in [0.3, 0.4) is 0 Å². The molecule has 1 saturated heterocycles. The number of hydrogen-bond acceptors (Lipinski definition) is 2. The molecule has 1 aliphatic heterocycles. The zero-order valence-electron chi connectivity index (χ0n) is 11.8. The number of likely N-dealkylation sites (tertiary alicyclic amines) is 1. The Morgan fingerprint density at radius 2 is 1.55 bits per heavy atom. The van der Waals surface area contributed by atoms with Crippen LogP contribution in [-0.2, 0) is 12.2 Å². The van der Waals surface area contributed by atoms with Crippen LogP contribution in [0.15, 0.2) is 60.7 Å². The van der Waals surface area contributed by atoms with E-state index in [0.29, 0.717) is 0 Å². The molecule has 0 amide bonds. The van der Waals surface area contributed by atoms with E-state index in [2.05, 4.69) is 65.6 Å². The Balaban J connectivity index is 1.87. The minimum absolute atomic E-state index is 0.324. The van der Waals surface area contributed by atoms with Gasteiger partial charge in [0.15, 0.2) is 0 Å². The van der Waals surface area contributed by atoms with E-state index in [0.717, 1.165) is 19.5 Å². The number of benzene rings is 2. The molecule has 0 spiro atoms. The summed E-state index contributed by atoms with van der Waals surface area (Å²) in [4.78, 5) is 2.43. The van der Waals surface area contributed by atoms with E-state index in [-0.39, 0.29) is 5.66 Å². The zero-order chi connectivity index (χ0) is 13.8. The summed E-state index contributed by atoms with van der Waals surface area (Å²) in [6.45, 7) is 1.99. The molecule has 1 aliphatic rings. The Kier molecular flexibility index (Phi) is 3.86. The van der Waals surface area contributed by atoms with Crippen LogP contribution in [-0.4, -0.2) is 11.4 Å². The van der Waals surface area contributed by atoms with E-state index in [1.54, 1.807) is 0 Å². The fourth-order valence-corrected chi connectivity index (χ4v) is 3.13. The lowest BCUT2D eigenvalue weighted by atomic mass is 9.88. The molecule has 2 nitrogen and oxygen atoms in total. The smallest absolute Gasteiger partial charge is 0.0952 e. The molecule has 0 radical (unpaired) electrons. The summed E-state index contributed by atoms with van der Waals surface area (Å²) in [6, 6.07) is 21.1. The molecule has 1 heterocycles. The van der Waals surface area contributed by atoms with Crippen LogP contribution in [0.2, 0.25) is 0 Å². The number of hydrogen-bond donors (Lipinski definition) is 1. The van der Waals surface area contributed by atoms with Gasteiger partial charge >= 0.3 is 0 Å². The highest BCUT2D eigenvalue weighted by Gasteiger charge is 2.36. The first kappa shape index (κ1) is 13.3. The lowest BCUT2D eigenvalue weighted by Gasteiger charge is -2.45. The summed E-state index contributed by atoms with van der Waals surface area (Å²) >= 11 is 0. The quantitative estimate of drug-likeness (QED) is 0.921. The third kappa shape index (κ3) is 2.62. The van der Waals surface area contributed by atoms with Crippen LogP contribution >= 0.6 is 0 Å². The van der Waals surface area contributed by atoms with Crippen molar-refractivity contribution in [1.82, 2.24) is 4.90 Å². The highest BCUT2D eigenvalue weighted by Crippen LogP contribution is 2.33. The predicted molar refractivity (Wildman–Crippen MR) is 83.0 cm³/mol. The summed E-state index contributed by atoms with van der Waals surface area (Å²) in [5.41, 5.74) is 9.04. The van der Waals surface area contributed by atoms with Gasteiger partial charge in [-0.3, -0.25) is 4.90 Å². The molecule has 0 bridgehead atoms. The van der Waals surface area contributed by atoms with E-state index < -0.39 is 0 Å². The molecule has 0 saturated carbocycles. The van der Waals surface area contributed by atoms with Crippen molar-refractivity contribution in [2.75, 3.05) is 6.54 Å². The topological polar surface area (TPSA) is 29.3 Å². The van der Waals surface area contributed by atoms with Crippen molar-refractivity contribution < 1.29 is 0 Å². The second kappa shape index (κ2) is 5.78. The maximum Gasteiger partial charge on any atom is 0.0952 e. The molecule has 0 aliphatic carbocycles. The molecular formula is C18H22N2. The minimum atomic E-state index is -0.324. The minimum Gasteiger partial charge on any atom is -0.309 e. The SMILES string of the molecule is NC1(c2ccccc2)CCCCN1Cc1ccccc1. The molecular weight excluding hydrogens is 244 g/mol. The van der Waals surface area contributed by atoms with Crippen LogP contribution in [0, 0.1) is 0 Å². The summed E-state index contributed by atoms with van der Waals surface area (Å²) in [5.74, 6) is 0. The van der Waals surface area contributed by atoms with Crippen molar-refractivity contribution in [1.29, 1.82) is 0 Å². The fourth-order valence-electron chi connectivity index (χ4n) is 3.13. The molecule has 2 N–H and O–H groups in total. The Morgan fingerprint density at radius 3 is 2.25 bits per heavy atom. The Hall–Kier alpha value is -1.64. The summed E-state index contributed by atoms with van der Waals surface area (Å²) < 4.78 is 0. The summed E-state index contributed by atoms with van der Waals surface area (Å²) in [5, 5.41) is 0. The van der Waals surface area contributed by atoms with Gasteiger partial charge in [0.05, 0.1) is 5.66 Å². The Morgan fingerprint density at radius 1 is 0.900 bits per heavy atom. The van der Waals surface area contributed by atoms with Crippen molar-refractivity contribution in [3.8, 4) is 0 Å². The van der Waals surface area contributed by atoms with Gasteiger partial charge in [0.25, 0.3) is 0 Å². The van der Waals surface area contributed by atoms with Crippen LogP contribution in [0.5, 0.6) is 0 Å². The van der Waals surface area contributed by atoms with Gasteiger partial charge in [-0.05, 0) is 30.4 Å². The molecule has 0 aromatic heterocycles. The largest absolute Gasteiger partial charge is 0.309 e. The molecule has 2 heteroatoms. The van der Waals surface area contributed by atoms with Crippen molar-refractivity contribution in [2.45, 2.75) is 31.5 Å². The monoisotopic (exact) mass is 266 g/mol. The second-order valence-corrected chi connectivity index (χ2v) is 5.65. The number of nitrogens with two attached hydrogens (primary N) is 1. The molecule has 1 unspecified atom stereocenters. The molecule has 2 aromatic carbocycles. The molecule has 104 valence electrons. The standard InChI is InChI=1S/C18H22N2/c19-18(17-11-5-2-6-12-17)13-7-8-14-20(18)15-16-9-3-1-4-10-16/h1-6,9-12H,7-8,13-15,19H2. The highest BCUT2D eigenvalue weighted by molar-refractivity contribution is 5.25. The maximum atomic E-state index is 6.80. The molecule has 20 heavy (non-hydrogen) atoms. The van der Waals surface area contributed by atoms with E-state index in [1.807, 2.05) is 0 Å². The van der Waals surface area contributed by atoms with Crippen molar-refractivity contribution >= 4 is 0 Å². The Bertz CT molecular complexity index is 538. The maximum absolute atomic E-state index is 6.80. The van der Waals surface area contributed by atoms with Gasteiger partial charge < -0.3 is 5.73 Å². The van der Waals surface area contributed by atoms with Crippen LogP contribution in [0.4, 0.5) is 0 Å². The van der Waals surface area contributed by atoms with E-state index in [4.69, 9.17) is 5.73 Å². The van der Waals surface area contributed by atoms with E-state index >= 15 is 0 Å². The third-order valence-electron chi connectivity index (χ3n) is 4.29. The highest BCUT2D eigenvalue weighted by atomic mass is 15.3. The fraction of sp³-hybridized carbons (Fsp3) is 0.333. The third-order valence-corrected chi connectivity index (χ3v) is 4.29. The zero-order valence-corrected chi connectivity index (χ0v) is 11.8. The average molecular weight is 266 g/mol. The van der Waals surface area contributed by atoms with Gasteiger partial charge in [0.2, 0.25) is 0 Å². The van der Waals surface area contributed by atoms with Crippen LogP contribution < -0.4 is 5.73 Å². The van der Waals surface area contributed by atoms with Crippen molar-refractivity contribution in [3.05, 3.63) is 71.8 Å². The summed E-state index contributed by atoms with van der Waals surface area (Å²) in [7, 11) is 0. The van der Waals surface area contributed by atoms with Crippen LogP contribution in [0.25, 0.3) is 0 Å². The first-order chi connectivity index (χ1) is 9.79. The lowest BCUT2D eigenvalue weighted by molar-refractivity contribution is 0.0404. The van der Waals surface area contributed by atoms with Gasteiger partial charge in [0.1, 0.15) is 0 Å². The average Bonchev–Trinajstić information content (AvgIpc) is 2.52. The number of nitrogens with zero attached hydrogens (tertiary/aromatic N) is 1. The van der Waals surface area contributed by atoms with Gasteiger partial charge in [-0.2, -0.15) is 0 Å². The van der Waals surface area contributed by atoms with Crippen LogP contribution in [0.1, 0.15) is 30.4 Å². The molecule has 1 atom stereocenters. The summed E-state index contributed by atoms with van der Waals surface area (Å²) in [6.07, 6.45) is 3.47. The normalized spacial score (nSPS) is 23.6. The lowest BCUT2D eigenvalue weighted by Crippen LogP contribution is -2.55. The van der Waals surface area contributed by atoms with Crippen molar-refractivity contribution in [3.63, 3.8) is 0 Å². The number of piperidine rings is 1. The molecule has 3 rings (SSSR count). The predicted octanol–water partition coefficient (Wildman–Crippen LogP) is 3.48. The van der Waals surface area contributed by atoms with Crippen molar-refractivity contribution in [2.24, 2.45) is 5.73 Å². The van der Waals surface area contributed by atoms with Gasteiger partial charge in [-0.25, -0.2) is 0 Å². The molecule has 2 aromatic rings. The first-order valence-corrected chi connectivity index (χ1v) is 7.42. The van der Waals surface area contributed by atoms with E-state index in [1.165, 1.54) is 24.0 Å². The Labute approximate surface area is 121 Å². The van der Waals surface area contributed by atoms with Gasteiger partial charge in [-0.15, -0.1) is 0 Å².